The van der Waals surface area contributed by atoms with Gasteiger partial charge in [-0.3, -0.25) is 19.8 Å². The van der Waals surface area contributed by atoms with E-state index in [4.69, 9.17) is 0 Å². The Morgan fingerprint density at radius 2 is 2.05 bits per heavy atom. The van der Waals surface area contributed by atoms with Crippen molar-refractivity contribution in [3.05, 3.63) is 24.0 Å². The fraction of sp³-hybridized carbons (Fsp3) is 0.538. The summed E-state index contributed by atoms with van der Waals surface area (Å²) < 4.78 is 0. The van der Waals surface area contributed by atoms with Gasteiger partial charge in [-0.05, 0) is 37.1 Å². The summed E-state index contributed by atoms with van der Waals surface area (Å²) >= 11 is 0. The number of rotatable bonds is 3. The average Bonchev–Trinajstić information content (AvgIpc) is 3.03. The Kier molecular flexibility index (Phi) is 3.35. The molecule has 3 heterocycles. The highest BCUT2D eigenvalue weighted by atomic mass is 16.2. The quantitative estimate of drug-likeness (QED) is 0.681. The van der Waals surface area contributed by atoms with Crippen LogP contribution in [0.15, 0.2) is 18.3 Å². The van der Waals surface area contributed by atoms with Crippen LogP contribution in [0.25, 0.3) is 0 Å². The van der Waals surface area contributed by atoms with Crippen LogP contribution in [0.3, 0.4) is 0 Å². The molecule has 2 fully saturated rings. The Morgan fingerprint density at radius 1 is 1.32 bits per heavy atom. The van der Waals surface area contributed by atoms with E-state index in [0.717, 1.165) is 26.2 Å². The maximum Gasteiger partial charge on any atom is 0.274 e. The van der Waals surface area contributed by atoms with E-state index in [0.29, 0.717) is 24.1 Å². The standard InChI is InChI=1S/C13H18N4O2/c18-12(16-13(19)11-2-1-3-15-11)8-17-6-9-4-14-5-10(9)7-17/h1-3,9-10,14-15H,4-8H2,(H,16,18,19)/t9-,10+. The number of aromatic nitrogens is 1. The number of hydrogen-bond acceptors (Lipinski definition) is 4. The Morgan fingerprint density at radius 3 is 2.68 bits per heavy atom. The maximum absolute atomic E-state index is 11.8. The lowest BCUT2D eigenvalue weighted by Gasteiger charge is -2.15. The minimum atomic E-state index is -0.365. The van der Waals surface area contributed by atoms with Crippen molar-refractivity contribution in [1.82, 2.24) is 20.5 Å². The molecule has 2 aliphatic rings. The Labute approximate surface area is 111 Å². The summed E-state index contributed by atoms with van der Waals surface area (Å²) in [7, 11) is 0. The van der Waals surface area contributed by atoms with Gasteiger partial charge in [0.15, 0.2) is 0 Å². The van der Waals surface area contributed by atoms with E-state index in [1.807, 2.05) is 0 Å². The van der Waals surface area contributed by atoms with Gasteiger partial charge in [0.2, 0.25) is 5.91 Å². The number of amides is 2. The number of nitrogens with one attached hydrogen (secondary N) is 3. The number of carbonyl (C=O) groups is 2. The zero-order chi connectivity index (χ0) is 13.2. The van der Waals surface area contributed by atoms with Gasteiger partial charge in [0.25, 0.3) is 5.91 Å². The number of hydrogen-bond donors (Lipinski definition) is 3. The molecule has 6 nitrogen and oxygen atoms in total. The van der Waals surface area contributed by atoms with Gasteiger partial charge in [-0.15, -0.1) is 0 Å². The van der Waals surface area contributed by atoms with Gasteiger partial charge < -0.3 is 10.3 Å². The monoisotopic (exact) mass is 262 g/mol. The molecule has 1 aromatic heterocycles. The van der Waals surface area contributed by atoms with Crippen LogP contribution >= 0.6 is 0 Å². The second kappa shape index (κ2) is 5.14. The molecular weight excluding hydrogens is 244 g/mol. The van der Waals surface area contributed by atoms with Crippen molar-refractivity contribution in [3.8, 4) is 0 Å². The highest BCUT2D eigenvalue weighted by molar-refractivity contribution is 6.04. The van der Waals surface area contributed by atoms with E-state index in [9.17, 15) is 9.59 Å². The lowest BCUT2D eigenvalue weighted by Crippen LogP contribution is -2.40. The van der Waals surface area contributed by atoms with Gasteiger partial charge in [-0.1, -0.05) is 0 Å². The molecule has 3 N–H and O–H groups in total. The highest BCUT2D eigenvalue weighted by Crippen LogP contribution is 2.25. The number of H-pyrrole nitrogens is 1. The molecule has 2 aliphatic heterocycles. The minimum absolute atomic E-state index is 0.229. The van der Waals surface area contributed by atoms with Crippen LogP contribution in [-0.2, 0) is 4.79 Å². The number of imide groups is 1. The summed E-state index contributed by atoms with van der Waals surface area (Å²) in [5.41, 5.74) is 0.413. The molecule has 1 aromatic rings. The van der Waals surface area contributed by atoms with E-state index in [2.05, 4.69) is 20.5 Å². The van der Waals surface area contributed by atoms with E-state index in [-0.39, 0.29) is 11.8 Å². The minimum Gasteiger partial charge on any atom is -0.357 e. The second-order valence-corrected chi connectivity index (χ2v) is 5.33. The zero-order valence-electron chi connectivity index (χ0n) is 10.7. The predicted octanol–water partition coefficient (Wildman–Crippen LogP) is -0.578. The molecule has 0 radical (unpaired) electrons. The Balaban J connectivity index is 1.48. The molecule has 0 bridgehead atoms. The third-order valence-corrected chi connectivity index (χ3v) is 3.93. The molecule has 0 unspecified atom stereocenters. The fourth-order valence-electron chi connectivity index (χ4n) is 2.99. The first-order valence-electron chi connectivity index (χ1n) is 6.63. The summed E-state index contributed by atoms with van der Waals surface area (Å²) in [4.78, 5) is 28.4. The molecule has 2 atom stereocenters. The number of carbonyl (C=O) groups excluding carboxylic acids is 2. The number of fused-ring (bicyclic) bond motifs is 1. The molecule has 102 valence electrons. The van der Waals surface area contributed by atoms with Crippen LogP contribution < -0.4 is 10.6 Å². The van der Waals surface area contributed by atoms with Gasteiger partial charge in [-0.25, -0.2) is 0 Å². The predicted molar refractivity (Wildman–Crippen MR) is 69.6 cm³/mol. The lowest BCUT2D eigenvalue weighted by atomic mass is 10.0. The third-order valence-electron chi connectivity index (χ3n) is 3.93. The second-order valence-electron chi connectivity index (χ2n) is 5.33. The normalized spacial score (nSPS) is 26.3. The van der Waals surface area contributed by atoms with Crippen LogP contribution in [0.5, 0.6) is 0 Å². The molecule has 3 rings (SSSR count). The maximum atomic E-state index is 11.8. The SMILES string of the molecule is O=C(CN1C[C@H]2CNC[C@H]2C1)NC(=O)c1ccc[nH]1. The first-order chi connectivity index (χ1) is 9.22. The first-order valence-corrected chi connectivity index (χ1v) is 6.63. The Hall–Kier alpha value is -1.66. The number of aromatic amines is 1. The fourth-order valence-corrected chi connectivity index (χ4v) is 2.99. The molecule has 0 aromatic carbocycles. The molecule has 19 heavy (non-hydrogen) atoms. The van der Waals surface area contributed by atoms with Crippen molar-refractivity contribution < 1.29 is 9.59 Å². The van der Waals surface area contributed by atoms with Gasteiger partial charge in [-0.2, -0.15) is 0 Å². The summed E-state index contributed by atoms with van der Waals surface area (Å²) in [5, 5.41) is 5.77. The smallest absolute Gasteiger partial charge is 0.274 e. The molecule has 2 saturated heterocycles. The van der Waals surface area contributed by atoms with E-state index >= 15 is 0 Å². The molecule has 0 spiro atoms. The topological polar surface area (TPSA) is 77.2 Å². The summed E-state index contributed by atoms with van der Waals surface area (Å²) in [6.07, 6.45) is 1.66. The zero-order valence-corrected chi connectivity index (χ0v) is 10.7. The van der Waals surface area contributed by atoms with Crippen LogP contribution in [0, 0.1) is 11.8 Å². The van der Waals surface area contributed by atoms with Crippen molar-refractivity contribution in [1.29, 1.82) is 0 Å². The van der Waals surface area contributed by atoms with Crippen LogP contribution in [-0.4, -0.2) is 54.4 Å². The summed E-state index contributed by atoms with van der Waals surface area (Å²) in [6.45, 7) is 4.29. The molecule has 0 saturated carbocycles. The van der Waals surface area contributed by atoms with Crippen molar-refractivity contribution in [2.24, 2.45) is 11.8 Å². The molecule has 2 amide bonds. The molecular formula is C13H18N4O2. The van der Waals surface area contributed by atoms with E-state index < -0.39 is 0 Å². The average molecular weight is 262 g/mol. The van der Waals surface area contributed by atoms with Crippen molar-refractivity contribution in [3.63, 3.8) is 0 Å². The van der Waals surface area contributed by atoms with Crippen LogP contribution in [0.4, 0.5) is 0 Å². The van der Waals surface area contributed by atoms with E-state index in [1.54, 1.807) is 18.3 Å². The summed E-state index contributed by atoms with van der Waals surface area (Å²) in [6, 6.07) is 3.38. The molecule has 6 heteroatoms. The van der Waals surface area contributed by atoms with Gasteiger partial charge in [0.1, 0.15) is 5.69 Å². The van der Waals surface area contributed by atoms with Gasteiger partial charge in [0.05, 0.1) is 6.54 Å². The van der Waals surface area contributed by atoms with Crippen molar-refractivity contribution >= 4 is 11.8 Å². The number of nitrogens with zero attached hydrogens (tertiary/aromatic N) is 1. The molecule has 0 aliphatic carbocycles. The first kappa shape index (κ1) is 12.4. The largest absolute Gasteiger partial charge is 0.357 e. The van der Waals surface area contributed by atoms with Gasteiger partial charge >= 0.3 is 0 Å². The highest BCUT2D eigenvalue weighted by Gasteiger charge is 2.36. The van der Waals surface area contributed by atoms with Crippen molar-refractivity contribution in [2.45, 2.75) is 0 Å². The summed E-state index contributed by atoms with van der Waals surface area (Å²) in [5.74, 6) is 0.724. The van der Waals surface area contributed by atoms with Crippen molar-refractivity contribution in [2.75, 3.05) is 32.7 Å². The number of likely N-dealkylation sites (tertiary alicyclic amines) is 1. The van der Waals surface area contributed by atoms with Gasteiger partial charge in [0, 0.05) is 19.3 Å². The third kappa shape index (κ3) is 2.69. The van der Waals surface area contributed by atoms with Crippen LogP contribution in [0.2, 0.25) is 0 Å². The van der Waals surface area contributed by atoms with E-state index in [1.165, 1.54) is 0 Å². The Bertz CT molecular complexity index is 459. The van der Waals surface area contributed by atoms with Crippen LogP contribution in [0.1, 0.15) is 10.5 Å². The lowest BCUT2D eigenvalue weighted by molar-refractivity contribution is -0.121.